The van der Waals surface area contributed by atoms with Gasteiger partial charge in [0.05, 0.1) is 24.5 Å². The first-order chi connectivity index (χ1) is 13.6. The number of unbranched alkanes of at least 4 members (excludes halogenated alkanes) is 1. The number of rotatable bonds is 9. The van der Waals surface area contributed by atoms with E-state index in [0.29, 0.717) is 15.6 Å². The van der Waals surface area contributed by atoms with Gasteiger partial charge in [-0.15, -0.1) is 0 Å². The highest BCUT2D eigenvalue weighted by Gasteiger charge is 2.27. The van der Waals surface area contributed by atoms with E-state index in [1.165, 1.54) is 19.3 Å². The molecule has 6 heteroatoms. The van der Waals surface area contributed by atoms with Gasteiger partial charge in [0.25, 0.3) is 0 Å². The normalized spacial score (nSPS) is 12.8. The molecular weight excluding hydrogens is 628 g/mol. The average molecular weight is 656 g/mol. The van der Waals surface area contributed by atoms with Crippen LogP contribution in [0.5, 0.6) is 11.5 Å². The number of benzene rings is 2. The van der Waals surface area contributed by atoms with Crippen molar-refractivity contribution in [2.24, 2.45) is 5.92 Å². The first-order valence-electron chi connectivity index (χ1n) is 9.88. The molecule has 160 valence electrons. The highest BCUT2D eigenvalue weighted by Crippen LogP contribution is 2.43. The van der Waals surface area contributed by atoms with E-state index in [2.05, 4.69) is 104 Å². The number of aromatic hydroxyl groups is 1. The average Bonchev–Trinajstić information content (AvgIpc) is 2.66. The molecule has 2 rings (SSSR count). The molecule has 0 aliphatic rings. The highest BCUT2D eigenvalue weighted by molar-refractivity contribution is 9.11. The molecule has 0 bridgehead atoms. The fourth-order valence-electron chi connectivity index (χ4n) is 3.12. The fourth-order valence-corrected chi connectivity index (χ4v) is 5.73. The summed E-state index contributed by atoms with van der Waals surface area (Å²) in [6.07, 6.45) is 4.75. The van der Waals surface area contributed by atoms with Crippen molar-refractivity contribution < 1.29 is 9.84 Å². The summed E-state index contributed by atoms with van der Waals surface area (Å²) >= 11 is 14.3. The van der Waals surface area contributed by atoms with Gasteiger partial charge < -0.3 is 9.84 Å². The molecule has 1 N–H and O–H groups in total. The van der Waals surface area contributed by atoms with Crippen molar-refractivity contribution in [1.29, 1.82) is 0 Å². The maximum absolute atomic E-state index is 10.0. The Balaban J connectivity index is 2.17. The van der Waals surface area contributed by atoms with E-state index in [-0.39, 0.29) is 11.2 Å². The zero-order valence-corrected chi connectivity index (χ0v) is 23.6. The van der Waals surface area contributed by atoms with Crippen LogP contribution in [0.1, 0.15) is 64.5 Å². The summed E-state index contributed by atoms with van der Waals surface area (Å²) in [5, 5.41) is 10.0. The summed E-state index contributed by atoms with van der Waals surface area (Å²) in [4.78, 5) is 0. The van der Waals surface area contributed by atoms with Gasteiger partial charge in [0, 0.05) is 5.41 Å². The highest BCUT2D eigenvalue weighted by atomic mass is 79.9. The molecule has 0 fully saturated rings. The second kappa shape index (κ2) is 11.0. The van der Waals surface area contributed by atoms with Crippen molar-refractivity contribution in [2.75, 3.05) is 6.61 Å². The van der Waals surface area contributed by atoms with Gasteiger partial charge in [0.2, 0.25) is 0 Å². The maximum Gasteiger partial charge on any atom is 0.147 e. The monoisotopic (exact) mass is 652 g/mol. The van der Waals surface area contributed by atoms with Crippen LogP contribution in [0.25, 0.3) is 0 Å². The lowest BCUT2D eigenvalue weighted by atomic mass is 9.78. The zero-order valence-electron chi connectivity index (χ0n) is 17.3. The van der Waals surface area contributed by atoms with Gasteiger partial charge >= 0.3 is 0 Å². The Morgan fingerprint density at radius 2 is 1.38 bits per heavy atom. The van der Waals surface area contributed by atoms with E-state index in [4.69, 9.17) is 4.74 Å². The molecule has 0 aromatic heterocycles. The SMILES string of the molecule is CCC(C)CCCCOc1c(Br)cc(C(C)(C)c2cc(Br)c(O)c(Br)c2)cc1Br. The number of hydrogen-bond donors (Lipinski definition) is 1. The van der Waals surface area contributed by atoms with Gasteiger partial charge in [-0.2, -0.15) is 0 Å². The third kappa shape index (κ3) is 6.47. The molecule has 0 saturated carbocycles. The second-order valence-corrected chi connectivity index (χ2v) is 11.5. The van der Waals surface area contributed by atoms with Gasteiger partial charge in [-0.1, -0.05) is 40.5 Å². The molecule has 0 saturated heterocycles. The topological polar surface area (TPSA) is 29.5 Å². The molecule has 0 radical (unpaired) electrons. The number of ether oxygens (including phenoxy) is 1. The minimum absolute atomic E-state index is 0.212. The molecule has 2 nitrogen and oxygen atoms in total. The lowest BCUT2D eigenvalue weighted by molar-refractivity contribution is 0.296. The van der Waals surface area contributed by atoms with Gasteiger partial charge in [-0.3, -0.25) is 0 Å². The maximum atomic E-state index is 10.0. The van der Waals surface area contributed by atoms with Crippen molar-refractivity contribution in [3.05, 3.63) is 53.3 Å². The van der Waals surface area contributed by atoms with Crippen LogP contribution in [0.4, 0.5) is 0 Å². The van der Waals surface area contributed by atoms with E-state index >= 15 is 0 Å². The van der Waals surface area contributed by atoms with Crippen LogP contribution in [0.3, 0.4) is 0 Å². The quantitative estimate of drug-likeness (QED) is 0.273. The number of phenols is 1. The lowest BCUT2D eigenvalue weighted by Gasteiger charge is -2.28. The molecular formula is C23H28Br4O2. The Hall–Kier alpha value is -0.0400. The molecule has 0 heterocycles. The first-order valence-corrected chi connectivity index (χ1v) is 13.1. The fraction of sp³-hybridized carbons (Fsp3) is 0.478. The van der Waals surface area contributed by atoms with E-state index in [9.17, 15) is 5.11 Å². The Labute approximate surface area is 208 Å². The van der Waals surface area contributed by atoms with Gasteiger partial charge in [0.1, 0.15) is 11.5 Å². The number of halogens is 4. The third-order valence-electron chi connectivity index (χ3n) is 5.49. The standard InChI is InChI=1S/C23H28Br4O2/c1-5-14(2)8-6-7-9-29-22-19(26)12-16(13-20(22)27)23(3,4)15-10-17(24)21(28)18(25)11-15/h10-14,28H,5-9H2,1-4H3. The zero-order chi connectivity index (χ0) is 21.8. The van der Waals surface area contributed by atoms with E-state index < -0.39 is 0 Å². The molecule has 2 aromatic carbocycles. The molecule has 2 aromatic rings. The lowest BCUT2D eigenvalue weighted by Crippen LogP contribution is -2.19. The van der Waals surface area contributed by atoms with Crippen molar-refractivity contribution in [2.45, 2.75) is 58.8 Å². The van der Waals surface area contributed by atoms with Crippen LogP contribution in [-0.2, 0) is 5.41 Å². The van der Waals surface area contributed by atoms with Gasteiger partial charge in [-0.05, 0) is 118 Å². The van der Waals surface area contributed by atoms with Gasteiger partial charge in [0.15, 0.2) is 0 Å². The molecule has 1 unspecified atom stereocenters. The predicted molar refractivity (Wildman–Crippen MR) is 136 cm³/mol. The third-order valence-corrected chi connectivity index (χ3v) is 7.88. The summed E-state index contributed by atoms with van der Waals surface area (Å²) in [5.41, 5.74) is 1.97. The molecule has 29 heavy (non-hydrogen) atoms. The van der Waals surface area contributed by atoms with Crippen molar-refractivity contribution in [3.63, 3.8) is 0 Å². The Bertz CT molecular complexity index is 803. The molecule has 0 aliphatic carbocycles. The van der Waals surface area contributed by atoms with Crippen LogP contribution < -0.4 is 4.74 Å². The van der Waals surface area contributed by atoms with Gasteiger partial charge in [-0.25, -0.2) is 0 Å². The van der Waals surface area contributed by atoms with Crippen LogP contribution in [-0.4, -0.2) is 11.7 Å². The number of phenolic OH excluding ortho intramolecular Hbond substituents is 1. The first kappa shape index (κ1) is 25.2. The predicted octanol–water partition coefficient (Wildman–Crippen LogP) is 9.36. The smallest absolute Gasteiger partial charge is 0.147 e. The summed E-state index contributed by atoms with van der Waals surface area (Å²) < 4.78 is 9.29. The minimum Gasteiger partial charge on any atom is -0.506 e. The van der Waals surface area contributed by atoms with Crippen LogP contribution >= 0.6 is 63.7 Å². The van der Waals surface area contributed by atoms with Crippen molar-refractivity contribution >= 4 is 63.7 Å². The van der Waals surface area contributed by atoms with E-state index in [1.54, 1.807) is 0 Å². The minimum atomic E-state index is -0.265. The summed E-state index contributed by atoms with van der Waals surface area (Å²) in [6, 6.07) is 8.16. The van der Waals surface area contributed by atoms with Crippen LogP contribution in [0.2, 0.25) is 0 Å². The van der Waals surface area contributed by atoms with Crippen molar-refractivity contribution in [3.8, 4) is 11.5 Å². The Kier molecular flexibility index (Phi) is 9.58. The van der Waals surface area contributed by atoms with Crippen LogP contribution in [0, 0.1) is 5.92 Å². The number of hydrogen-bond acceptors (Lipinski definition) is 2. The molecule has 0 amide bonds. The second-order valence-electron chi connectivity index (χ2n) is 8.04. The molecule has 0 spiro atoms. The largest absolute Gasteiger partial charge is 0.506 e. The summed E-state index contributed by atoms with van der Waals surface area (Å²) in [7, 11) is 0. The summed E-state index contributed by atoms with van der Waals surface area (Å²) in [5.74, 6) is 1.85. The summed E-state index contributed by atoms with van der Waals surface area (Å²) in [6.45, 7) is 9.60. The van der Waals surface area contributed by atoms with E-state index in [1.807, 2.05) is 12.1 Å². The van der Waals surface area contributed by atoms with Crippen LogP contribution in [0.15, 0.2) is 42.2 Å². The Morgan fingerprint density at radius 1 is 0.897 bits per heavy atom. The van der Waals surface area contributed by atoms with Crippen molar-refractivity contribution in [1.82, 2.24) is 0 Å². The Morgan fingerprint density at radius 3 is 1.86 bits per heavy atom. The molecule has 0 aliphatic heterocycles. The van der Waals surface area contributed by atoms with E-state index in [0.717, 1.165) is 38.2 Å². The molecule has 1 atom stereocenters.